The molecule has 5 heteroatoms. The number of rotatable bonds is 3. The summed E-state index contributed by atoms with van der Waals surface area (Å²) in [7, 11) is 1.28. The highest BCUT2D eigenvalue weighted by molar-refractivity contribution is 5.94. The lowest BCUT2D eigenvalue weighted by atomic mass is 10.1. The number of nitrogens with zero attached hydrogens (tertiary/aromatic N) is 1. The van der Waals surface area contributed by atoms with Crippen LogP contribution in [0.15, 0.2) is 24.3 Å². The highest BCUT2D eigenvalue weighted by atomic mass is 19.1. The molecule has 1 heterocycles. The van der Waals surface area contributed by atoms with Gasteiger partial charge in [-0.25, -0.2) is 14.2 Å². The van der Waals surface area contributed by atoms with Crippen LogP contribution in [0.3, 0.4) is 0 Å². The van der Waals surface area contributed by atoms with Crippen molar-refractivity contribution in [1.29, 1.82) is 0 Å². The number of hydrogen-bond acceptors (Lipinski definition) is 4. The number of pyridine rings is 1. The van der Waals surface area contributed by atoms with E-state index < -0.39 is 5.97 Å². The summed E-state index contributed by atoms with van der Waals surface area (Å²) >= 11 is 0. The van der Waals surface area contributed by atoms with Gasteiger partial charge >= 0.3 is 5.97 Å². The molecule has 4 nitrogen and oxygen atoms in total. The molecule has 2 rings (SSSR count). The van der Waals surface area contributed by atoms with Gasteiger partial charge in [-0.3, -0.25) is 0 Å². The largest absolute Gasteiger partial charge is 0.493 e. The topological polar surface area (TPSA) is 48.4 Å². The number of aromatic nitrogens is 1. The Morgan fingerprint density at radius 1 is 1.39 bits per heavy atom. The fourth-order valence-corrected chi connectivity index (χ4v) is 1.65. The van der Waals surface area contributed by atoms with Crippen LogP contribution in [0.2, 0.25) is 0 Å². The maximum absolute atomic E-state index is 13.2. The van der Waals surface area contributed by atoms with Gasteiger partial charge in [0.2, 0.25) is 0 Å². The van der Waals surface area contributed by atoms with Crippen molar-refractivity contribution in [2.45, 2.75) is 6.92 Å². The van der Waals surface area contributed by atoms with E-state index in [4.69, 9.17) is 4.74 Å². The lowest BCUT2D eigenvalue weighted by Crippen LogP contribution is -2.06. The van der Waals surface area contributed by atoms with Crippen LogP contribution in [-0.4, -0.2) is 24.7 Å². The molecule has 1 aromatic heterocycles. The third kappa shape index (κ3) is 2.25. The third-order valence-corrected chi connectivity index (χ3v) is 2.43. The quantitative estimate of drug-likeness (QED) is 0.784. The number of methoxy groups -OCH3 is 1. The number of fused-ring (bicyclic) bond motifs is 1. The summed E-state index contributed by atoms with van der Waals surface area (Å²) in [6.07, 6.45) is 0. The first kappa shape index (κ1) is 12.3. The molecule has 94 valence electrons. The zero-order chi connectivity index (χ0) is 13.1. The summed E-state index contributed by atoms with van der Waals surface area (Å²) in [5, 5.41) is 0.532. The van der Waals surface area contributed by atoms with Crippen molar-refractivity contribution in [3.63, 3.8) is 0 Å². The Labute approximate surface area is 103 Å². The second-order valence-electron chi connectivity index (χ2n) is 3.59. The van der Waals surface area contributed by atoms with Gasteiger partial charge in [0.25, 0.3) is 0 Å². The molecule has 0 fully saturated rings. The summed E-state index contributed by atoms with van der Waals surface area (Å²) in [5.41, 5.74) is 0.628. The standard InChI is InChI=1S/C13H12FNO3/c1-3-18-12-7-11(13(16)17-2)15-10-5-4-8(14)6-9(10)12/h4-7H,3H2,1-2H3. The van der Waals surface area contributed by atoms with Crippen LogP contribution in [0.25, 0.3) is 10.9 Å². The molecule has 18 heavy (non-hydrogen) atoms. The number of benzene rings is 1. The molecule has 0 unspecified atom stereocenters. The molecule has 1 aromatic carbocycles. The van der Waals surface area contributed by atoms with E-state index in [1.54, 1.807) is 0 Å². The van der Waals surface area contributed by atoms with Crippen molar-refractivity contribution < 1.29 is 18.7 Å². The Morgan fingerprint density at radius 2 is 2.17 bits per heavy atom. The molecule has 0 atom stereocenters. The Kier molecular flexibility index (Phi) is 3.41. The van der Waals surface area contributed by atoms with Crippen LogP contribution >= 0.6 is 0 Å². The van der Waals surface area contributed by atoms with Crippen LogP contribution in [0, 0.1) is 5.82 Å². The molecule has 0 saturated carbocycles. The van der Waals surface area contributed by atoms with Crippen molar-refractivity contribution in [1.82, 2.24) is 4.98 Å². The van der Waals surface area contributed by atoms with Crippen LogP contribution in [0.5, 0.6) is 5.75 Å². The predicted molar refractivity (Wildman–Crippen MR) is 64.2 cm³/mol. The summed E-state index contributed by atoms with van der Waals surface area (Å²) in [6.45, 7) is 2.22. The number of esters is 1. The highest BCUT2D eigenvalue weighted by Gasteiger charge is 2.13. The summed E-state index contributed by atoms with van der Waals surface area (Å²) in [4.78, 5) is 15.6. The molecule has 0 aliphatic heterocycles. The van der Waals surface area contributed by atoms with Crippen LogP contribution in [-0.2, 0) is 4.74 Å². The normalized spacial score (nSPS) is 10.4. The van der Waals surface area contributed by atoms with Gasteiger partial charge in [0, 0.05) is 11.5 Å². The second kappa shape index (κ2) is 5.00. The number of carbonyl (C=O) groups is 1. The first-order valence-corrected chi connectivity index (χ1v) is 5.47. The molecule has 0 aliphatic rings. The van der Waals surface area contributed by atoms with Crippen molar-refractivity contribution >= 4 is 16.9 Å². The van der Waals surface area contributed by atoms with Gasteiger partial charge in [-0.15, -0.1) is 0 Å². The molecule has 0 bridgehead atoms. The molecule has 0 saturated heterocycles. The average Bonchev–Trinajstić information content (AvgIpc) is 2.38. The van der Waals surface area contributed by atoms with Gasteiger partial charge in [0.15, 0.2) is 5.69 Å². The van der Waals surface area contributed by atoms with Gasteiger partial charge in [0.1, 0.15) is 11.6 Å². The smallest absolute Gasteiger partial charge is 0.356 e. The number of ether oxygens (including phenoxy) is 2. The van der Waals surface area contributed by atoms with Crippen LogP contribution in [0.4, 0.5) is 4.39 Å². The van der Waals surface area contributed by atoms with Crippen LogP contribution < -0.4 is 4.74 Å². The van der Waals surface area contributed by atoms with Gasteiger partial charge < -0.3 is 9.47 Å². The minimum Gasteiger partial charge on any atom is -0.493 e. The van der Waals surface area contributed by atoms with E-state index in [9.17, 15) is 9.18 Å². The van der Waals surface area contributed by atoms with Crippen molar-refractivity contribution in [3.8, 4) is 5.75 Å². The number of halogens is 1. The maximum atomic E-state index is 13.2. The molecular formula is C13H12FNO3. The Morgan fingerprint density at radius 3 is 2.83 bits per heavy atom. The fourth-order valence-electron chi connectivity index (χ4n) is 1.65. The van der Waals surface area contributed by atoms with Gasteiger partial charge in [-0.2, -0.15) is 0 Å². The van der Waals surface area contributed by atoms with Gasteiger partial charge in [0.05, 0.1) is 19.2 Å². The molecule has 0 amide bonds. The summed E-state index contributed by atoms with van der Waals surface area (Å²) < 4.78 is 23.2. The van der Waals surface area contributed by atoms with Crippen molar-refractivity contribution in [2.75, 3.05) is 13.7 Å². The average molecular weight is 249 g/mol. The first-order chi connectivity index (χ1) is 8.65. The SMILES string of the molecule is CCOc1cc(C(=O)OC)nc2ccc(F)cc12. The minimum absolute atomic E-state index is 0.139. The van der Waals surface area contributed by atoms with E-state index in [2.05, 4.69) is 9.72 Å². The number of carbonyl (C=O) groups excluding carboxylic acids is 1. The van der Waals surface area contributed by atoms with Gasteiger partial charge in [-0.05, 0) is 25.1 Å². The van der Waals surface area contributed by atoms with E-state index in [1.807, 2.05) is 6.92 Å². The van der Waals surface area contributed by atoms with E-state index in [-0.39, 0.29) is 11.5 Å². The molecule has 0 spiro atoms. The molecule has 0 N–H and O–H groups in total. The molecule has 0 radical (unpaired) electrons. The monoisotopic (exact) mass is 249 g/mol. The second-order valence-corrected chi connectivity index (χ2v) is 3.59. The molecule has 0 aliphatic carbocycles. The van der Waals surface area contributed by atoms with E-state index >= 15 is 0 Å². The Balaban J connectivity index is 2.66. The highest BCUT2D eigenvalue weighted by Crippen LogP contribution is 2.26. The predicted octanol–water partition coefficient (Wildman–Crippen LogP) is 2.56. The van der Waals surface area contributed by atoms with E-state index in [0.29, 0.717) is 23.3 Å². The zero-order valence-electron chi connectivity index (χ0n) is 10.1. The van der Waals surface area contributed by atoms with E-state index in [1.165, 1.54) is 31.4 Å². The van der Waals surface area contributed by atoms with Crippen molar-refractivity contribution in [3.05, 3.63) is 35.8 Å². The molecule has 2 aromatic rings. The Hall–Kier alpha value is -2.17. The van der Waals surface area contributed by atoms with Gasteiger partial charge in [-0.1, -0.05) is 0 Å². The number of hydrogen-bond donors (Lipinski definition) is 0. The first-order valence-electron chi connectivity index (χ1n) is 5.47. The Bertz CT molecular complexity index is 598. The lowest BCUT2D eigenvalue weighted by Gasteiger charge is -2.09. The molecular weight excluding hydrogens is 237 g/mol. The van der Waals surface area contributed by atoms with E-state index in [0.717, 1.165) is 0 Å². The summed E-state index contributed by atoms with van der Waals surface area (Å²) in [6, 6.07) is 5.57. The van der Waals surface area contributed by atoms with Crippen LogP contribution in [0.1, 0.15) is 17.4 Å². The maximum Gasteiger partial charge on any atom is 0.356 e. The summed E-state index contributed by atoms with van der Waals surface area (Å²) in [5.74, 6) is -0.513. The lowest BCUT2D eigenvalue weighted by molar-refractivity contribution is 0.0594. The third-order valence-electron chi connectivity index (χ3n) is 2.43. The fraction of sp³-hybridized carbons (Fsp3) is 0.231. The zero-order valence-corrected chi connectivity index (χ0v) is 10.1. The van der Waals surface area contributed by atoms with Crippen molar-refractivity contribution in [2.24, 2.45) is 0 Å². The minimum atomic E-state index is -0.554.